The number of amides is 1. The van der Waals surface area contributed by atoms with E-state index >= 15 is 0 Å². The third kappa shape index (κ3) is 2.82. The number of nitrogens with zero attached hydrogens (tertiary/aromatic N) is 2. The molecule has 0 unspecified atom stereocenters. The van der Waals surface area contributed by atoms with Crippen molar-refractivity contribution < 1.29 is 18.0 Å². The van der Waals surface area contributed by atoms with Gasteiger partial charge in [-0.15, -0.1) is 0 Å². The van der Waals surface area contributed by atoms with Gasteiger partial charge in [0.15, 0.2) is 0 Å². The molecule has 1 N–H and O–H groups in total. The molecule has 1 aromatic heterocycles. The van der Waals surface area contributed by atoms with E-state index in [0.717, 1.165) is 0 Å². The normalized spacial score (nSPS) is 14.3. The number of hydrogen-bond acceptors (Lipinski definition) is 3. The summed E-state index contributed by atoms with van der Waals surface area (Å²) in [4.78, 5) is 40.0. The fourth-order valence-corrected chi connectivity index (χ4v) is 3.15. The Morgan fingerprint density at radius 2 is 1.85 bits per heavy atom. The molecule has 0 saturated carbocycles. The van der Waals surface area contributed by atoms with Gasteiger partial charge in [-0.05, 0) is 26.0 Å². The number of rotatable bonds is 2. The molecule has 0 bridgehead atoms. The summed E-state index contributed by atoms with van der Waals surface area (Å²) in [5, 5.41) is 0.147. The first-order valence-corrected chi connectivity index (χ1v) is 7.96. The second-order valence-electron chi connectivity index (χ2n) is 6.11. The largest absolute Gasteiger partial charge is 0.431 e. The fourth-order valence-electron chi connectivity index (χ4n) is 2.89. The molecule has 2 heterocycles. The molecule has 10 heteroatoms. The molecule has 1 amide bonds. The van der Waals surface area contributed by atoms with E-state index in [0.29, 0.717) is 16.2 Å². The first kappa shape index (κ1) is 18.2. The van der Waals surface area contributed by atoms with E-state index in [-0.39, 0.29) is 34.8 Å². The Bertz CT molecular complexity index is 993. The molecule has 0 saturated heterocycles. The number of benzene rings is 1. The van der Waals surface area contributed by atoms with E-state index in [1.54, 1.807) is 18.8 Å². The lowest BCUT2D eigenvalue weighted by Gasteiger charge is -2.20. The van der Waals surface area contributed by atoms with Gasteiger partial charge in [0, 0.05) is 24.2 Å². The molecule has 1 aromatic carbocycles. The van der Waals surface area contributed by atoms with Crippen LogP contribution >= 0.6 is 11.6 Å². The van der Waals surface area contributed by atoms with Gasteiger partial charge in [-0.3, -0.25) is 9.59 Å². The molecule has 0 aliphatic carbocycles. The van der Waals surface area contributed by atoms with E-state index in [1.165, 1.54) is 17.0 Å². The van der Waals surface area contributed by atoms with Gasteiger partial charge in [0.2, 0.25) is 0 Å². The zero-order valence-electron chi connectivity index (χ0n) is 13.6. The molecule has 1 aliphatic rings. The van der Waals surface area contributed by atoms with Gasteiger partial charge in [-0.25, -0.2) is 9.36 Å². The Morgan fingerprint density at radius 1 is 1.19 bits per heavy atom. The highest BCUT2D eigenvalue weighted by molar-refractivity contribution is 6.34. The number of aromatic nitrogens is 2. The maximum atomic E-state index is 12.8. The maximum Gasteiger partial charge on any atom is 0.431 e. The molecular weight excluding hydrogens is 375 g/mol. The van der Waals surface area contributed by atoms with Crippen LogP contribution in [0.5, 0.6) is 0 Å². The summed E-state index contributed by atoms with van der Waals surface area (Å²) in [6, 6.07) is 2.81. The van der Waals surface area contributed by atoms with Crippen molar-refractivity contribution >= 4 is 17.5 Å². The van der Waals surface area contributed by atoms with Gasteiger partial charge in [0.25, 0.3) is 11.5 Å². The molecule has 0 radical (unpaired) electrons. The smallest absolute Gasteiger partial charge is 0.332 e. The summed E-state index contributed by atoms with van der Waals surface area (Å²) >= 11 is 6.09. The highest BCUT2D eigenvalue weighted by Crippen LogP contribution is 2.34. The number of alkyl halides is 3. The molecule has 3 rings (SSSR count). The maximum absolute atomic E-state index is 12.8. The van der Waals surface area contributed by atoms with Crippen LogP contribution in [0.25, 0.3) is 5.69 Å². The summed E-state index contributed by atoms with van der Waals surface area (Å²) in [7, 11) is 0. The minimum absolute atomic E-state index is 0.0286. The molecule has 138 valence electrons. The van der Waals surface area contributed by atoms with E-state index < -0.39 is 23.1 Å². The van der Waals surface area contributed by atoms with Crippen LogP contribution in [0.4, 0.5) is 13.2 Å². The Kier molecular flexibility index (Phi) is 4.22. The average molecular weight is 388 g/mol. The van der Waals surface area contributed by atoms with Gasteiger partial charge in [-0.1, -0.05) is 11.6 Å². The van der Waals surface area contributed by atoms with Crippen LogP contribution in [-0.4, -0.2) is 26.4 Å². The molecule has 6 nitrogen and oxygen atoms in total. The quantitative estimate of drug-likeness (QED) is 0.860. The topological polar surface area (TPSA) is 75.2 Å². The summed E-state index contributed by atoms with van der Waals surface area (Å²) in [6.07, 6.45) is -4.86. The predicted octanol–water partition coefficient (Wildman–Crippen LogP) is 2.56. The van der Waals surface area contributed by atoms with Gasteiger partial charge < -0.3 is 9.88 Å². The van der Waals surface area contributed by atoms with Crippen molar-refractivity contribution in [2.75, 3.05) is 0 Å². The Labute approximate surface area is 149 Å². The van der Waals surface area contributed by atoms with Crippen LogP contribution < -0.4 is 11.2 Å². The average Bonchev–Trinajstić information content (AvgIpc) is 2.86. The van der Waals surface area contributed by atoms with Crippen molar-refractivity contribution in [1.29, 1.82) is 0 Å². The van der Waals surface area contributed by atoms with E-state index in [9.17, 15) is 27.6 Å². The molecule has 0 spiro atoms. The van der Waals surface area contributed by atoms with E-state index in [1.807, 2.05) is 0 Å². The third-order valence-electron chi connectivity index (χ3n) is 4.14. The molecule has 2 aromatic rings. The Balaban J connectivity index is 2.25. The van der Waals surface area contributed by atoms with Crippen molar-refractivity contribution in [2.45, 2.75) is 32.6 Å². The van der Waals surface area contributed by atoms with Crippen LogP contribution in [0, 0.1) is 0 Å². The standard InChI is InChI=1S/C16H13ClF3N3O3/c1-7(2)22-6-8-10(4-3-9(17)13(8)14(22)25)23-12(24)5-11(16(18,19)20)21-15(23)26/h3-5,7H,6H2,1-2H3,(H,21,26). The zero-order valence-corrected chi connectivity index (χ0v) is 14.4. The number of carbonyl (C=O) groups is 1. The Hall–Kier alpha value is -2.55. The zero-order chi connectivity index (χ0) is 19.4. The van der Waals surface area contributed by atoms with Crippen molar-refractivity contribution in [3.8, 4) is 5.69 Å². The second kappa shape index (κ2) is 6.01. The summed E-state index contributed by atoms with van der Waals surface area (Å²) in [6.45, 7) is 3.66. The van der Waals surface area contributed by atoms with Crippen molar-refractivity contribution in [2.24, 2.45) is 0 Å². The highest BCUT2D eigenvalue weighted by atomic mass is 35.5. The SMILES string of the molecule is CC(C)N1Cc2c(-n3c(=O)cc(C(F)(F)F)[nH]c3=O)ccc(Cl)c2C1=O. The number of fused-ring (bicyclic) bond motifs is 1. The van der Waals surface area contributed by atoms with Crippen molar-refractivity contribution in [3.63, 3.8) is 0 Å². The van der Waals surface area contributed by atoms with Crippen LogP contribution in [0.1, 0.15) is 35.5 Å². The molecule has 0 fully saturated rings. The fraction of sp³-hybridized carbons (Fsp3) is 0.312. The van der Waals surface area contributed by atoms with Gasteiger partial charge >= 0.3 is 11.9 Å². The minimum Gasteiger partial charge on any atom is -0.332 e. The van der Waals surface area contributed by atoms with Crippen LogP contribution in [0.2, 0.25) is 5.02 Å². The predicted molar refractivity (Wildman–Crippen MR) is 87.7 cm³/mol. The van der Waals surface area contributed by atoms with E-state index in [2.05, 4.69) is 0 Å². The van der Waals surface area contributed by atoms with Crippen LogP contribution in [0.3, 0.4) is 0 Å². The lowest BCUT2D eigenvalue weighted by molar-refractivity contribution is -0.141. The summed E-state index contributed by atoms with van der Waals surface area (Å²) < 4.78 is 38.8. The molecular formula is C16H13ClF3N3O3. The Morgan fingerprint density at radius 3 is 2.38 bits per heavy atom. The summed E-state index contributed by atoms with van der Waals surface area (Å²) in [5.74, 6) is -0.363. The van der Waals surface area contributed by atoms with E-state index in [4.69, 9.17) is 11.6 Å². The lowest BCUT2D eigenvalue weighted by atomic mass is 10.1. The second-order valence-corrected chi connectivity index (χ2v) is 6.51. The number of carbonyl (C=O) groups excluding carboxylic acids is 1. The number of aromatic amines is 1. The molecule has 1 aliphatic heterocycles. The van der Waals surface area contributed by atoms with Crippen LogP contribution in [0.15, 0.2) is 27.8 Å². The molecule has 26 heavy (non-hydrogen) atoms. The van der Waals surface area contributed by atoms with Gasteiger partial charge in [0.05, 0.1) is 16.3 Å². The highest BCUT2D eigenvalue weighted by Gasteiger charge is 2.36. The monoisotopic (exact) mass is 387 g/mol. The van der Waals surface area contributed by atoms with Gasteiger partial charge in [0.1, 0.15) is 5.69 Å². The lowest BCUT2D eigenvalue weighted by Crippen LogP contribution is -2.36. The van der Waals surface area contributed by atoms with Crippen molar-refractivity contribution in [1.82, 2.24) is 14.5 Å². The van der Waals surface area contributed by atoms with Crippen molar-refractivity contribution in [3.05, 3.63) is 60.9 Å². The third-order valence-corrected chi connectivity index (χ3v) is 4.46. The molecule has 0 atom stereocenters. The minimum atomic E-state index is -4.86. The van der Waals surface area contributed by atoms with Gasteiger partial charge in [-0.2, -0.15) is 13.2 Å². The number of H-pyrrole nitrogens is 1. The number of hydrogen-bond donors (Lipinski definition) is 1. The first-order valence-electron chi connectivity index (χ1n) is 7.58. The van der Waals surface area contributed by atoms with Crippen LogP contribution in [-0.2, 0) is 12.7 Å². The summed E-state index contributed by atoms with van der Waals surface area (Å²) in [5.41, 5.74) is -3.34. The first-order chi connectivity index (χ1) is 12.0. The number of halogens is 4. The number of nitrogens with one attached hydrogen (secondary N) is 1.